The lowest BCUT2D eigenvalue weighted by atomic mass is 9.76. The Balaban J connectivity index is 0.950. The number of aliphatic imine (C=N–C) groups is 1. The molecule has 2 saturated carbocycles. The Hall–Kier alpha value is -3.79. The van der Waals surface area contributed by atoms with E-state index in [0.29, 0.717) is 29.4 Å². The number of anilines is 2. The van der Waals surface area contributed by atoms with Crippen LogP contribution in [0.25, 0.3) is 0 Å². The van der Waals surface area contributed by atoms with Gasteiger partial charge in [0.15, 0.2) is 5.82 Å². The Morgan fingerprint density at radius 1 is 0.974 bits per heavy atom. The molecule has 1 saturated heterocycles. The van der Waals surface area contributed by atoms with Crippen molar-refractivity contribution in [3.63, 3.8) is 0 Å². The van der Waals surface area contributed by atoms with E-state index < -0.39 is 0 Å². The van der Waals surface area contributed by atoms with E-state index in [1.165, 1.54) is 5.56 Å². The van der Waals surface area contributed by atoms with Crippen LogP contribution < -0.4 is 16.0 Å². The fourth-order valence-corrected chi connectivity index (χ4v) is 5.49. The third kappa shape index (κ3) is 6.02. The molecule has 3 fully saturated rings. The maximum atomic E-state index is 12.5. The van der Waals surface area contributed by atoms with Crippen LogP contribution in [0.3, 0.4) is 0 Å². The van der Waals surface area contributed by atoms with Crippen molar-refractivity contribution in [3.05, 3.63) is 59.9 Å². The van der Waals surface area contributed by atoms with E-state index in [0.717, 1.165) is 69.6 Å². The van der Waals surface area contributed by atoms with Crippen LogP contribution in [-0.2, 0) is 4.74 Å². The first-order chi connectivity index (χ1) is 18.7. The largest absolute Gasteiger partial charge is 0.381 e. The maximum absolute atomic E-state index is 12.5. The van der Waals surface area contributed by atoms with Crippen LogP contribution in [-0.4, -0.2) is 57.2 Å². The van der Waals surface area contributed by atoms with Gasteiger partial charge in [0, 0.05) is 48.3 Å². The van der Waals surface area contributed by atoms with Crippen LogP contribution in [0.1, 0.15) is 68.0 Å². The molecule has 0 spiro atoms. The number of amides is 2. The molecular weight excluding hydrogens is 480 g/mol. The van der Waals surface area contributed by atoms with Crippen molar-refractivity contribution in [2.24, 2.45) is 4.99 Å². The molecule has 2 aliphatic carbocycles. The van der Waals surface area contributed by atoms with Gasteiger partial charge >= 0.3 is 6.03 Å². The molecule has 1 atom stereocenters. The van der Waals surface area contributed by atoms with Gasteiger partial charge in [-0.15, -0.1) is 0 Å². The first-order valence-corrected chi connectivity index (χ1v) is 13.6. The SMILES string of the molecule is O=C(NC1CCC(=Nc2nccc(Nc3cc(C4CCOC4)[nH]n3)n2)CC1)NC1CC(c2ccccc2)C1. The fraction of sp³-hybridized carbons (Fsp3) is 0.464. The molecule has 38 heavy (non-hydrogen) atoms. The minimum absolute atomic E-state index is 0.0593. The number of carbonyl (C=O) groups is 1. The van der Waals surface area contributed by atoms with Crippen LogP contribution >= 0.6 is 0 Å². The Morgan fingerprint density at radius 3 is 2.58 bits per heavy atom. The van der Waals surface area contributed by atoms with Crippen molar-refractivity contribution in [3.8, 4) is 0 Å². The topological polar surface area (TPSA) is 129 Å². The fourth-order valence-electron chi connectivity index (χ4n) is 5.49. The molecule has 1 aliphatic heterocycles. The summed E-state index contributed by atoms with van der Waals surface area (Å²) in [7, 11) is 0. The molecule has 3 aliphatic rings. The minimum atomic E-state index is -0.0593. The number of aromatic nitrogens is 4. The van der Waals surface area contributed by atoms with Gasteiger partial charge in [-0.3, -0.25) is 5.10 Å². The van der Waals surface area contributed by atoms with Gasteiger partial charge in [-0.1, -0.05) is 30.3 Å². The third-order valence-electron chi connectivity index (χ3n) is 7.77. The standard InChI is InChI=1S/C28H34N8O2/c37-28(32-23-14-20(15-23)18-4-2-1-3-5-18)31-22-8-6-21(7-9-22)30-27-29-12-10-25(34-27)33-26-16-24(35-36-26)19-11-13-38-17-19/h1-5,10,12,16,19-20,22-23H,6-9,11,13-15,17H2,(H2,31,32,37)(H2,29,33,34,35,36). The molecule has 10 nitrogen and oxygen atoms in total. The number of H-pyrrole nitrogens is 1. The second kappa shape index (κ2) is 11.3. The van der Waals surface area contributed by atoms with Gasteiger partial charge in [0.25, 0.3) is 5.95 Å². The van der Waals surface area contributed by atoms with E-state index in [-0.39, 0.29) is 18.1 Å². The number of carbonyl (C=O) groups excluding carboxylic acids is 1. The van der Waals surface area contributed by atoms with E-state index in [1.54, 1.807) is 12.3 Å². The summed E-state index contributed by atoms with van der Waals surface area (Å²) < 4.78 is 5.46. The van der Waals surface area contributed by atoms with Crippen LogP contribution in [0.5, 0.6) is 0 Å². The highest BCUT2D eigenvalue weighted by Gasteiger charge is 2.31. The summed E-state index contributed by atoms with van der Waals surface area (Å²) in [4.78, 5) is 26.1. The normalized spacial score (nSPS) is 24.9. The number of urea groups is 1. The smallest absolute Gasteiger partial charge is 0.315 e. The summed E-state index contributed by atoms with van der Waals surface area (Å²) in [6.07, 6.45) is 8.08. The van der Waals surface area contributed by atoms with Gasteiger partial charge < -0.3 is 20.7 Å². The number of aromatic amines is 1. The monoisotopic (exact) mass is 514 g/mol. The zero-order valence-electron chi connectivity index (χ0n) is 21.4. The molecule has 3 aromatic rings. The summed E-state index contributed by atoms with van der Waals surface area (Å²) in [5.41, 5.74) is 3.50. The van der Waals surface area contributed by atoms with E-state index in [9.17, 15) is 4.79 Å². The molecule has 4 N–H and O–H groups in total. The molecule has 3 heterocycles. The summed E-state index contributed by atoms with van der Waals surface area (Å²) in [5.74, 6) is 2.72. The second-order valence-corrected chi connectivity index (χ2v) is 10.5. The molecule has 6 rings (SSSR count). The van der Waals surface area contributed by atoms with Crippen molar-refractivity contribution in [1.82, 2.24) is 30.8 Å². The number of nitrogens with one attached hydrogen (secondary N) is 4. The predicted octanol–water partition coefficient (Wildman–Crippen LogP) is 4.71. The quantitative estimate of drug-likeness (QED) is 0.361. The number of hydrogen-bond donors (Lipinski definition) is 4. The molecule has 1 aromatic carbocycles. The van der Waals surface area contributed by atoms with Gasteiger partial charge in [0.05, 0.1) is 6.61 Å². The zero-order chi connectivity index (χ0) is 25.7. The van der Waals surface area contributed by atoms with Gasteiger partial charge in [-0.25, -0.2) is 14.8 Å². The maximum Gasteiger partial charge on any atom is 0.315 e. The average molecular weight is 515 g/mol. The third-order valence-corrected chi connectivity index (χ3v) is 7.77. The Morgan fingerprint density at radius 2 is 1.79 bits per heavy atom. The van der Waals surface area contributed by atoms with Gasteiger partial charge in [0.1, 0.15) is 5.82 Å². The van der Waals surface area contributed by atoms with Crippen LogP contribution in [0.2, 0.25) is 0 Å². The number of ether oxygens (including phenoxy) is 1. The molecule has 2 amide bonds. The van der Waals surface area contributed by atoms with Crippen LogP contribution in [0.4, 0.5) is 22.4 Å². The first kappa shape index (κ1) is 24.5. The molecule has 1 unspecified atom stereocenters. The summed E-state index contributed by atoms with van der Waals surface area (Å²) in [6, 6.07) is 14.7. The highest BCUT2D eigenvalue weighted by atomic mass is 16.5. The Bertz CT molecular complexity index is 1250. The van der Waals surface area contributed by atoms with Crippen molar-refractivity contribution < 1.29 is 9.53 Å². The lowest BCUT2D eigenvalue weighted by Crippen LogP contribution is -2.50. The van der Waals surface area contributed by atoms with Crippen LogP contribution in [0.15, 0.2) is 53.7 Å². The van der Waals surface area contributed by atoms with Crippen molar-refractivity contribution in [1.29, 1.82) is 0 Å². The van der Waals surface area contributed by atoms with E-state index in [2.05, 4.69) is 60.4 Å². The zero-order valence-corrected chi connectivity index (χ0v) is 21.4. The molecule has 0 bridgehead atoms. The van der Waals surface area contributed by atoms with E-state index in [4.69, 9.17) is 9.73 Å². The number of benzene rings is 1. The molecule has 198 valence electrons. The van der Waals surface area contributed by atoms with E-state index >= 15 is 0 Å². The highest BCUT2D eigenvalue weighted by Crippen LogP contribution is 2.36. The van der Waals surface area contributed by atoms with Crippen molar-refractivity contribution in [2.45, 2.75) is 68.9 Å². The average Bonchev–Trinajstić information content (AvgIpc) is 3.60. The molecule has 2 aromatic heterocycles. The number of nitrogens with zero attached hydrogens (tertiary/aromatic N) is 4. The van der Waals surface area contributed by atoms with Crippen molar-refractivity contribution in [2.75, 3.05) is 18.5 Å². The van der Waals surface area contributed by atoms with E-state index in [1.807, 2.05) is 12.1 Å². The molecular formula is C28H34N8O2. The van der Waals surface area contributed by atoms with Gasteiger partial charge in [-0.2, -0.15) is 10.1 Å². The van der Waals surface area contributed by atoms with Gasteiger partial charge in [-0.05, 0) is 62.5 Å². The minimum Gasteiger partial charge on any atom is -0.381 e. The molecule has 0 radical (unpaired) electrons. The van der Waals surface area contributed by atoms with Gasteiger partial charge in [0.2, 0.25) is 0 Å². The second-order valence-electron chi connectivity index (χ2n) is 10.5. The lowest BCUT2D eigenvalue weighted by Gasteiger charge is -2.36. The predicted molar refractivity (Wildman–Crippen MR) is 145 cm³/mol. The summed E-state index contributed by atoms with van der Waals surface area (Å²) in [5, 5.41) is 17.0. The molecule has 10 heteroatoms. The Labute approximate surface area is 222 Å². The lowest BCUT2D eigenvalue weighted by molar-refractivity contribution is 0.193. The highest BCUT2D eigenvalue weighted by molar-refractivity contribution is 5.87. The number of rotatable bonds is 7. The summed E-state index contributed by atoms with van der Waals surface area (Å²) >= 11 is 0. The first-order valence-electron chi connectivity index (χ1n) is 13.6. The summed E-state index contributed by atoms with van der Waals surface area (Å²) in [6.45, 7) is 1.52. The van der Waals surface area contributed by atoms with Crippen LogP contribution in [0, 0.1) is 0 Å². The Kier molecular flexibility index (Phi) is 7.30. The number of hydrogen-bond acceptors (Lipinski definition) is 7. The van der Waals surface area contributed by atoms with Crippen molar-refractivity contribution >= 4 is 29.3 Å².